The van der Waals surface area contributed by atoms with Crippen molar-refractivity contribution in [3.05, 3.63) is 83.3 Å². The largest absolute Gasteiger partial charge is 0.280 e. The van der Waals surface area contributed by atoms with Gasteiger partial charge in [-0.05, 0) is 50.2 Å². The molecule has 0 saturated heterocycles. The van der Waals surface area contributed by atoms with Crippen LogP contribution in [0, 0.1) is 11.6 Å². The van der Waals surface area contributed by atoms with Crippen molar-refractivity contribution < 1.29 is 13.6 Å². The van der Waals surface area contributed by atoms with E-state index in [1.807, 2.05) is 19.9 Å². The molecule has 1 aromatic carbocycles. The number of thiol groups is 1. The van der Waals surface area contributed by atoms with Crippen LogP contribution in [0.2, 0.25) is 0 Å². The molecule has 0 aliphatic carbocycles. The summed E-state index contributed by atoms with van der Waals surface area (Å²) in [5.74, 6) is -1.31. The number of nitrogens with zero attached hydrogens (tertiary/aromatic N) is 2. The minimum Gasteiger partial charge on any atom is -0.280 e. The predicted octanol–water partition coefficient (Wildman–Crippen LogP) is 4.82. The van der Waals surface area contributed by atoms with Gasteiger partial charge in [-0.15, -0.1) is 0 Å². The first kappa shape index (κ1) is 18.2. The second kappa shape index (κ2) is 6.96. The van der Waals surface area contributed by atoms with E-state index in [-0.39, 0.29) is 11.3 Å². The molecule has 3 nitrogen and oxygen atoms in total. The van der Waals surface area contributed by atoms with Crippen molar-refractivity contribution >= 4 is 17.7 Å². The van der Waals surface area contributed by atoms with Gasteiger partial charge < -0.3 is 0 Å². The Morgan fingerprint density at radius 1 is 0.962 bits per heavy atom. The first-order valence-corrected chi connectivity index (χ1v) is 8.37. The molecule has 0 bridgehead atoms. The van der Waals surface area contributed by atoms with Crippen LogP contribution < -0.4 is 0 Å². The highest BCUT2D eigenvalue weighted by molar-refractivity contribution is 7.97. The maximum absolute atomic E-state index is 14.1. The Morgan fingerprint density at radius 3 is 2.27 bits per heavy atom. The van der Waals surface area contributed by atoms with Gasteiger partial charge in [0.25, 0.3) is 0 Å². The van der Waals surface area contributed by atoms with Crippen LogP contribution in [0.25, 0.3) is 11.3 Å². The van der Waals surface area contributed by atoms with Crippen molar-refractivity contribution in [3.63, 3.8) is 0 Å². The second-order valence-corrected chi connectivity index (χ2v) is 6.78. The van der Waals surface area contributed by atoms with Crippen LogP contribution in [0.15, 0.2) is 54.6 Å². The van der Waals surface area contributed by atoms with Gasteiger partial charge in [0.2, 0.25) is 5.12 Å². The van der Waals surface area contributed by atoms with Crippen LogP contribution in [-0.4, -0.2) is 15.1 Å². The molecule has 0 spiro atoms. The molecule has 6 heteroatoms. The van der Waals surface area contributed by atoms with E-state index in [1.54, 1.807) is 30.3 Å². The molecule has 26 heavy (non-hydrogen) atoms. The molecule has 0 unspecified atom stereocenters. The molecule has 3 aromatic rings. The first-order chi connectivity index (χ1) is 12.3. The number of halogens is 2. The minimum absolute atomic E-state index is 0.219. The van der Waals surface area contributed by atoms with E-state index in [4.69, 9.17) is 0 Å². The molecule has 3 rings (SSSR count). The summed E-state index contributed by atoms with van der Waals surface area (Å²) in [6, 6.07) is 13.7. The summed E-state index contributed by atoms with van der Waals surface area (Å²) in [7, 11) is 0. The fourth-order valence-corrected chi connectivity index (χ4v) is 2.79. The number of aromatic nitrogens is 2. The van der Waals surface area contributed by atoms with Crippen molar-refractivity contribution in [1.82, 2.24) is 9.97 Å². The maximum Gasteiger partial charge on any atom is 0.234 e. The van der Waals surface area contributed by atoms with Gasteiger partial charge in [0.1, 0.15) is 17.3 Å². The maximum atomic E-state index is 14.1. The number of carbonyl (C=O) groups excluding carboxylic acids is 1. The van der Waals surface area contributed by atoms with Gasteiger partial charge in [0, 0.05) is 17.0 Å². The Bertz CT molecular complexity index is 989. The summed E-state index contributed by atoms with van der Waals surface area (Å²) < 4.78 is 27.2. The number of carbonyl (C=O) groups is 1. The smallest absolute Gasteiger partial charge is 0.234 e. The topological polar surface area (TPSA) is 42.9 Å². The Balaban J connectivity index is 2.06. The Kier molecular flexibility index (Phi) is 4.87. The number of hydrogen-bond acceptors (Lipinski definition) is 3. The highest BCUT2D eigenvalue weighted by Crippen LogP contribution is 2.31. The average Bonchev–Trinajstić information content (AvgIpc) is 2.62. The number of pyridine rings is 2. The third kappa shape index (κ3) is 3.51. The zero-order chi connectivity index (χ0) is 18.9. The lowest BCUT2D eigenvalue weighted by atomic mass is 9.84. The molecule has 2 aromatic heterocycles. The quantitative estimate of drug-likeness (QED) is 0.670. The monoisotopic (exact) mass is 370 g/mol. The summed E-state index contributed by atoms with van der Waals surface area (Å²) in [6.07, 6.45) is 0. The summed E-state index contributed by atoms with van der Waals surface area (Å²) in [6.45, 7) is 3.82. The second-order valence-electron chi connectivity index (χ2n) is 6.37. The van der Waals surface area contributed by atoms with Crippen LogP contribution in [0.4, 0.5) is 8.78 Å². The van der Waals surface area contributed by atoms with Crippen LogP contribution >= 0.6 is 12.6 Å². The molecule has 0 radical (unpaired) electrons. The standard InChI is InChI=1S/C20H16F2N2OS/c1-20(2,18-8-4-6-16(24-18)19(25)26)17-7-3-5-15(23-17)13-10-9-12(21)11-14(13)22/h3-11H,1-2H3,(H,25,26). The van der Waals surface area contributed by atoms with Crippen molar-refractivity contribution in [2.45, 2.75) is 19.3 Å². The Hall–Kier alpha value is -2.60. The van der Waals surface area contributed by atoms with E-state index in [1.165, 1.54) is 12.1 Å². The van der Waals surface area contributed by atoms with E-state index in [2.05, 4.69) is 22.6 Å². The molecular weight excluding hydrogens is 354 g/mol. The van der Waals surface area contributed by atoms with Crippen molar-refractivity contribution in [2.75, 3.05) is 0 Å². The predicted molar refractivity (Wildman–Crippen MR) is 99.3 cm³/mol. The minimum atomic E-state index is -0.673. The molecule has 0 atom stereocenters. The van der Waals surface area contributed by atoms with Gasteiger partial charge in [-0.2, -0.15) is 0 Å². The molecular formula is C20H16F2N2OS. The van der Waals surface area contributed by atoms with Gasteiger partial charge >= 0.3 is 0 Å². The number of hydrogen-bond donors (Lipinski definition) is 1. The van der Waals surface area contributed by atoms with E-state index >= 15 is 0 Å². The number of benzene rings is 1. The van der Waals surface area contributed by atoms with Gasteiger partial charge in [-0.1, -0.05) is 24.8 Å². The Labute approximate surface area is 155 Å². The third-order valence-electron chi connectivity index (χ3n) is 4.21. The summed E-state index contributed by atoms with van der Waals surface area (Å²) in [5.41, 5.74) is 1.52. The van der Waals surface area contributed by atoms with E-state index in [9.17, 15) is 13.6 Å². The molecule has 132 valence electrons. The van der Waals surface area contributed by atoms with E-state index in [0.29, 0.717) is 17.1 Å². The highest BCUT2D eigenvalue weighted by Gasteiger charge is 2.27. The van der Waals surface area contributed by atoms with Gasteiger partial charge in [-0.25, -0.2) is 13.8 Å². The van der Waals surface area contributed by atoms with E-state index < -0.39 is 22.2 Å². The normalized spacial score (nSPS) is 11.4. The van der Waals surface area contributed by atoms with Crippen molar-refractivity contribution in [3.8, 4) is 11.3 Å². The summed E-state index contributed by atoms with van der Waals surface area (Å²) in [4.78, 5) is 20.4. The third-order valence-corrected chi connectivity index (χ3v) is 4.43. The zero-order valence-electron chi connectivity index (χ0n) is 14.2. The lowest BCUT2D eigenvalue weighted by molar-refractivity contribution is 0.108. The van der Waals surface area contributed by atoms with Crippen molar-refractivity contribution in [1.29, 1.82) is 0 Å². The van der Waals surface area contributed by atoms with Crippen LogP contribution in [0.3, 0.4) is 0 Å². The SMILES string of the molecule is CC(C)(c1cccc(C(=O)S)n1)c1cccc(-c2ccc(F)cc2F)n1. The molecule has 2 heterocycles. The lowest BCUT2D eigenvalue weighted by Crippen LogP contribution is -2.23. The summed E-state index contributed by atoms with van der Waals surface area (Å²) in [5, 5.41) is -0.419. The molecule has 0 amide bonds. The van der Waals surface area contributed by atoms with Crippen molar-refractivity contribution in [2.24, 2.45) is 0 Å². The molecule has 0 aliphatic heterocycles. The Morgan fingerprint density at radius 2 is 1.62 bits per heavy atom. The highest BCUT2D eigenvalue weighted by atomic mass is 32.1. The van der Waals surface area contributed by atoms with E-state index in [0.717, 1.165) is 6.07 Å². The van der Waals surface area contributed by atoms with Gasteiger partial charge in [0.15, 0.2) is 0 Å². The fourth-order valence-electron chi connectivity index (χ4n) is 2.66. The lowest BCUT2D eigenvalue weighted by Gasteiger charge is -2.24. The fraction of sp³-hybridized carbons (Fsp3) is 0.150. The van der Waals surface area contributed by atoms with Crippen LogP contribution in [0.5, 0.6) is 0 Å². The zero-order valence-corrected chi connectivity index (χ0v) is 15.1. The number of rotatable bonds is 4. The molecule has 0 saturated carbocycles. The average molecular weight is 370 g/mol. The first-order valence-electron chi connectivity index (χ1n) is 7.93. The van der Waals surface area contributed by atoms with Gasteiger partial charge in [-0.3, -0.25) is 9.78 Å². The van der Waals surface area contributed by atoms with Gasteiger partial charge in [0.05, 0.1) is 17.1 Å². The van der Waals surface area contributed by atoms with Crippen LogP contribution in [-0.2, 0) is 5.41 Å². The van der Waals surface area contributed by atoms with Crippen LogP contribution in [0.1, 0.15) is 35.7 Å². The summed E-state index contributed by atoms with van der Waals surface area (Å²) >= 11 is 3.81. The molecule has 0 aliphatic rings. The molecule has 0 fully saturated rings. The molecule has 0 N–H and O–H groups in total.